The number of para-hydroxylation sites is 1. The summed E-state index contributed by atoms with van der Waals surface area (Å²) < 4.78 is 0. The molecule has 0 bridgehead atoms. The number of nitrogens with one attached hydrogen (secondary N) is 4. The van der Waals surface area contributed by atoms with Gasteiger partial charge in [0.25, 0.3) is 5.91 Å². The van der Waals surface area contributed by atoms with E-state index in [9.17, 15) is 4.79 Å². The molecular formula is C19H18Cl2N4O. The molecule has 26 heavy (non-hydrogen) atoms. The lowest BCUT2D eigenvalue weighted by Gasteiger charge is -2.31. The first-order valence-electron chi connectivity index (χ1n) is 8.35. The van der Waals surface area contributed by atoms with Gasteiger partial charge in [0.1, 0.15) is 0 Å². The van der Waals surface area contributed by atoms with Crippen molar-refractivity contribution in [1.29, 1.82) is 0 Å². The Kier molecular flexibility index (Phi) is 4.63. The number of aromatic amines is 1. The minimum atomic E-state index is -0.383. The Bertz CT molecular complexity index is 985. The van der Waals surface area contributed by atoms with E-state index in [0.717, 1.165) is 27.7 Å². The molecular weight excluding hydrogens is 371 g/mol. The van der Waals surface area contributed by atoms with Gasteiger partial charge in [0.05, 0.1) is 12.1 Å². The van der Waals surface area contributed by atoms with Crippen LogP contribution in [0.15, 0.2) is 42.5 Å². The Hall–Kier alpha value is -2.05. The highest BCUT2D eigenvalue weighted by Gasteiger charge is 2.34. The highest BCUT2D eigenvalue weighted by Crippen LogP contribution is 2.38. The van der Waals surface area contributed by atoms with E-state index in [2.05, 4.69) is 27.2 Å². The van der Waals surface area contributed by atoms with E-state index in [1.54, 1.807) is 13.1 Å². The number of hydrazine groups is 1. The molecule has 1 amide bonds. The molecule has 134 valence electrons. The van der Waals surface area contributed by atoms with Crippen LogP contribution in [0.2, 0.25) is 10.0 Å². The second-order valence-corrected chi connectivity index (χ2v) is 7.17. The summed E-state index contributed by atoms with van der Waals surface area (Å²) in [6.45, 7) is 0. The second kappa shape index (κ2) is 6.93. The molecule has 0 unspecified atom stereocenters. The fraction of sp³-hybridized carbons (Fsp3) is 0.211. The summed E-state index contributed by atoms with van der Waals surface area (Å²) in [6, 6.07) is 12.9. The number of hydrogen-bond donors (Lipinski definition) is 4. The number of amides is 1. The van der Waals surface area contributed by atoms with E-state index in [1.807, 2.05) is 30.3 Å². The molecule has 0 saturated carbocycles. The predicted octanol–water partition coefficient (Wildman–Crippen LogP) is 3.33. The van der Waals surface area contributed by atoms with Crippen molar-refractivity contribution in [1.82, 2.24) is 21.2 Å². The number of rotatable bonds is 3. The Morgan fingerprint density at radius 3 is 2.77 bits per heavy atom. The number of carbonyl (C=O) groups excluding carboxylic acids is 1. The molecule has 2 heterocycles. The van der Waals surface area contributed by atoms with E-state index in [4.69, 9.17) is 23.2 Å². The van der Waals surface area contributed by atoms with Gasteiger partial charge in [-0.3, -0.25) is 15.5 Å². The van der Waals surface area contributed by atoms with Gasteiger partial charge in [0, 0.05) is 33.7 Å². The molecule has 0 saturated heterocycles. The summed E-state index contributed by atoms with van der Waals surface area (Å²) in [4.78, 5) is 16.0. The van der Waals surface area contributed by atoms with Gasteiger partial charge < -0.3 is 4.98 Å². The zero-order valence-electron chi connectivity index (χ0n) is 14.1. The molecule has 1 aliphatic rings. The van der Waals surface area contributed by atoms with Gasteiger partial charge in [-0.1, -0.05) is 47.5 Å². The molecule has 4 rings (SSSR count). The van der Waals surface area contributed by atoms with Crippen LogP contribution in [0.1, 0.15) is 22.9 Å². The second-order valence-electron chi connectivity index (χ2n) is 6.32. The minimum absolute atomic E-state index is 0.112. The Morgan fingerprint density at radius 1 is 1.19 bits per heavy atom. The monoisotopic (exact) mass is 388 g/mol. The maximum absolute atomic E-state index is 12.5. The highest BCUT2D eigenvalue weighted by molar-refractivity contribution is 6.35. The van der Waals surface area contributed by atoms with Gasteiger partial charge in [-0.05, 0) is 35.7 Å². The summed E-state index contributed by atoms with van der Waals surface area (Å²) in [5.41, 5.74) is 9.46. The maximum atomic E-state index is 12.5. The average Bonchev–Trinajstić information content (AvgIpc) is 3.00. The molecule has 0 radical (unpaired) electrons. The molecule has 1 aromatic heterocycles. The number of fused-ring (bicyclic) bond motifs is 3. The fourth-order valence-corrected chi connectivity index (χ4v) is 4.11. The van der Waals surface area contributed by atoms with Crippen LogP contribution < -0.4 is 16.2 Å². The summed E-state index contributed by atoms with van der Waals surface area (Å²) in [5, 5.41) is 5.69. The first-order chi connectivity index (χ1) is 12.6. The lowest BCUT2D eigenvalue weighted by Crippen LogP contribution is -2.52. The van der Waals surface area contributed by atoms with Crippen LogP contribution in [0.4, 0.5) is 0 Å². The van der Waals surface area contributed by atoms with Crippen LogP contribution in [0.3, 0.4) is 0 Å². The fourth-order valence-electron chi connectivity index (χ4n) is 3.59. The van der Waals surface area contributed by atoms with Crippen LogP contribution in [-0.2, 0) is 11.2 Å². The van der Waals surface area contributed by atoms with Crippen LogP contribution in [-0.4, -0.2) is 24.0 Å². The molecule has 2 atom stereocenters. The van der Waals surface area contributed by atoms with Crippen molar-refractivity contribution in [3.05, 3.63) is 69.3 Å². The van der Waals surface area contributed by atoms with E-state index >= 15 is 0 Å². The number of aromatic nitrogens is 1. The quantitative estimate of drug-likeness (QED) is 0.520. The first-order valence-corrected chi connectivity index (χ1v) is 9.11. The molecule has 0 fully saturated rings. The number of halogens is 2. The van der Waals surface area contributed by atoms with E-state index in [0.29, 0.717) is 16.5 Å². The van der Waals surface area contributed by atoms with Gasteiger partial charge in [0.15, 0.2) is 0 Å². The molecule has 0 aliphatic carbocycles. The molecule has 0 spiro atoms. The number of benzene rings is 2. The van der Waals surface area contributed by atoms with Crippen LogP contribution in [0, 0.1) is 0 Å². The Morgan fingerprint density at radius 2 is 2.00 bits per heavy atom. The Balaban J connectivity index is 1.86. The van der Waals surface area contributed by atoms with E-state index in [-0.39, 0.29) is 18.0 Å². The number of hydrogen-bond acceptors (Lipinski definition) is 3. The molecule has 7 heteroatoms. The largest absolute Gasteiger partial charge is 0.357 e. The zero-order valence-corrected chi connectivity index (χ0v) is 15.6. The number of carbonyl (C=O) groups is 1. The van der Waals surface area contributed by atoms with Crippen molar-refractivity contribution in [2.75, 3.05) is 7.05 Å². The third kappa shape index (κ3) is 2.97. The summed E-state index contributed by atoms with van der Waals surface area (Å²) >= 11 is 12.5. The molecule has 2 aromatic carbocycles. The molecule has 4 N–H and O–H groups in total. The van der Waals surface area contributed by atoms with Crippen molar-refractivity contribution >= 4 is 40.0 Å². The SMILES string of the molecule is CNNC(=O)[C@@H]1Cc2c([nH]c3ccccc23)[C@@H](c2ccc(Cl)cc2Cl)N1. The lowest BCUT2D eigenvalue weighted by atomic mass is 9.90. The Labute approximate surface area is 161 Å². The predicted molar refractivity (Wildman–Crippen MR) is 104 cm³/mol. The minimum Gasteiger partial charge on any atom is -0.357 e. The summed E-state index contributed by atoms with van der Waals surface area (Å²) in [5.74, 6) is -0.112. The highest BCUT2D eigenvalue weighted by atomic mass is 35.5. The first kappa shape index (κ1) is 17.4. The van der Waals surface area contributed by atoms with Gasteiger partial charge in [0.2, 0.25) is 0 Å². The van der Waals surface area contributed by atoms with Crippen molar-refractivity contribution in [2.24, 2.45) is 0 Å². The summed E-state index contributed by atoms with van der Waals surface area (Å²) in [7, 11) is 1.67. The van der Waals surface area contributed by atoms with Crippen LogP contribution >= 0.6 is 23.2 Å². The molecule has 1 aliphatic heterocycles. The van der Waals surface area contributed by atoms with Crippen LogP contribution in [0.5, 0.6) is 0 Å². The number of H-pyrrole nitrogens is 1. The van der Waals surface area contributed by atoms with E-state index in [1.165, 1.54) is 0 Å². The van der Waals surface area contributed by atoms with Crippen molar-refractivity contribution in [3.8, 4) is 0 Å². The lowest BCUT2D eigenvalue weighted by molar-refractivity contribution is -0.124. The molecule has 3 aromatic rings. The van der Waals surface area contributed by atoms with Gasteiger partial charge in [-0.25, -0.2) is 5.43 Å². The van der Waals surface area contributed by atoms with Crippen LogP contribution in [0.25, 0.3) is 10.9 Å². The third-order valence-corrected chi connectivity index (χ3v) is 5.31. The van der Waals surface area contributed by atoms with Crippen molar-refractivity contribution in [3.63, 3.8) is 0 Å². The topological polar surface area (TPSA) is 68.9 Å². The zero-order chi connectivity index (χ0) is 18.3. The standard InChI is InChI=1S/C19H18Cl2N4O/c1-22-25-19(26)16-9-13-11-4-2-3-5-15(11)23-18(13)17(24-16)12-7-6-10(20)8-14(12)21/h2-8,16-17,22-24H,9H2,1H3,(H,25,26)/t16-,17+/m0/s1. The van der Waals surface area contributed by atoms with E-state index < -0.39 is 0 Å². The average molecular weight is 389 g/mol. The smallest absolute Gasteiger partial charge is 0.251 e. The van der Waals surface area contributed by atoms with Gasteiger partial charge in [-0.15, -0.1) is 0 Å². The van der Waals surface area contributed by atoms with Gasteiger partial charge >= 0.3 is 0 Å². The third-order valence-electron chi connectivity index (χ3n) is 4.75. The molecule has 5 nitrogen and oxygen atoms in total. The summed E-state index contributed by atoms with van der Waals surface area (Å²) in [6.07, 6.45) is 0.592. The maximum Gasteiger partial charge on any atom is 0.251 e. The van der Waals surface area contributed by atoms with Crippen molar-refractivity contribution in [2.45, 2.75) is 18.5 Å². The normalized spacial score (nSPS) is 19.3. The van der Waals surface area contributed by atoms with Crippen molar-refractivity contribution < 1.29 is 4.79 Å². The van der Waals surface area contributed by atoms with Gasteiger partial charge in [-0.2, -0.15) is 0 Å².